The molecule has 0 radical (unpaired) electrons. The molecular weight excluding hydrogens is 246 g/mol. The summed E-state index contributed by atoms with van der Waals surface area (Å²) >= 11 is 2.02. The zero-order valence-corrected chi connectivity index (χ0v) is 12.0. The first kappa shape index (κ1) is 13.6. The summed E-state index contributed by atoms with van der Waals surface area (Å²) in [6.45, 7) is 2.19. The van der Waals surface area contributed by atoms with Crippen LogP contribution in [-0.2, 0) is 0 Å². The van der Waals surface area contributed by atoms with E-state index in [4.69, 9.17) is 9.47 Å². The highest BCUT2D eigenvalue weighted by Crippen LogP contribution is 2.30. The molecule has 0 aromatic heterocycles. The molecule has 2 unspecified atom stereocenters. The number of nitrogens with one attached hydrogen (secondary N) is 1. The predicted molar refractivity (Wildman–Crippen MR) is 76.8 cm³/mol. The maximum absolute atomic E-state index is 5.45. The second-order valence-electron chi connectivity index (χ2n) is 4.56. The Hall–Kier alpha value is -0.870. The number of ether oxygens (including phenoxy) is 2. The van der Waals surface area contributed by atoms with E-state index in [9.17, 15) is 0 Å². The molecular formula is C14H21NO2S. The highest BCUT2D eigenvalue weighted by molar-refractivity contribution is 7.99. The fraction of sp³-hybridized carbons (Fsp3) is 0.571. The third-order valence-electron chi connectivity index (χ3n) is 3.32. The van der Waals surface area contributed by atoms with Gasteiger partial charge in [-0.2, -0.15) is 11.8 Å². The van der Waals surface area contributed by atoms with Gasteiger partial charge in [0.1, 0.15) is 11.5 Å². The van der Waals surface area contributed by atoms with E-state index in [1.807, 2.05) is 23.9 Å². The van der Waals surface area contributed by atoms with Crippen LogP contribution in [0, 0.1) is 0 Å². The Bertz CT molecular complexity index is 391. The molecule has 0 spiro atoms. The molecule has 2 rings (SSSR count). The van der Waals surface area contributed by atoms with E-state index in [2.05, 4.69) is 18.3 Å². The fourth-order valence-corrected chi connectivity index (χ4v) is 3.45. The van der Waals surface area contributed by atoms with Crippen LogP contribution in [0.15, 0.2) is 18.2 Å². The van der Waals surface area contributed by atoms with Crippen LogP contribution in [0.3, 0.4) is 0 Å². The molecule has 0 saturated carbocycles. The van der Waals surface area contributed by atoms with Crippen molar-refractivity contribution in [2.24, 2.45) is 0 Å². The second kappa shape index (κ2) is 6.34. The van der Waals surface area contributed by atoms with Crippen molar-refractivity contribution in [3.63, 3.8) is 0 Å². The summed E-state index contributed by atoms with van der Waals surface area (Å²) in [6, 6.07) is 6.93. The van der Waals surface area contributed by atoms with E-state index in [1.54, 1.807) is 14.2 Å². The van der Waals surface area contributed by atoms with Crippen LogP contribution >= 0.6 is 11.8 Å². The lowest BCUT2D eigenvalue weighted by Gasteiger charge is -2.21. The van der Waals surface area contributed by atoms with Gasteiger partial charge in [-0.05, 0) is 25.2 Å². The van der Waals surface area contributed by atoms with Crippen LogP contribution in [-0.4, -0.2) is 31.8 Å². The van der Waals surface area contributed by atoms with E-state index in [0.717, 1.165) is 11.5 Å². The van der Waals surface area contributed by atoms with Crippen molar-refractivity contribution in [3.05, 3.63) is 23.8 Å². The largest absolute Gasteiger partial charge is 0.497 e. The van der Waals surface area contributed by atoms with E-state index in [0.29, 0.717) is 12.1 Å². The molecule has 0 aliphatic carbocycles. The molecule has 18 heavy (non-hydrogen) atoms. The van der Waals surface area contributed by atoms with Gasteiger partial charge < -0.3 is 14.8 Å². The Morgan fingerprint density at radius 2 is 2.17 bits per heavy atom. The monoisotopic (exact) mass is 267 g/mol. The van der Waals surface area contributed by atoms with Crippen LogP contribution in [0.1, 0.15) is 24.9 Å². The molecule has 3 nitrogen and oxygen atoms in total. The summed E-state index contributed by atoms with van der Waals surface area (Å²) in [5, 5.41) is 3.67. The average molecular weight is 267 g/mol. The number of benzene rings is 1. The van der Waals surface area contributed by atoms with E-state index >= 15 is 0 Å². The molecule has 1 fully saturated rings. The Balaban J connectivity index is 2.10. The normalized spacial score (nSPS) is 20.7. The maximum Gasteiger partial charge on any atom is 0.127 e. The highest BCUT2D eigenvalue weighted by atomic mass is 32.2. The lowest BCUT2D eigenvalue weighted by Crippen LogP contribution is -2.31. The van der Waals surface area contributed by atoms with Crippen molar-refractivity contribution >= 4 is 11.8 Å². The molecule has 1 heterocycles. The zero-order chi connectivity index (χ0) is 13.0. The molecule has 0 bridgehead atoms. The molecule has 4 heteroatoms. The van der Waals surface area contributed by atoms with Crippen LogP contribution in [0.25, 0.3) is 0 Å². The molecule has 2 atom stereocenters. The van der Waals surface area contributed by atoms with Gasteiger partial charge >= 0.3 is 0 Å². The van der Waals surface area contributed by atoms with Crippen molar-refractivity contribution in [3.8, 4) is 11.5 Å². The fourth-order valence-electron chi connectivity index (χ4n) is 2.29. The highest BCUT2D eigenvalue weighted by Gasteiger charge is 2.20. The summed E-state index contributed by atoms with van der Waals surface area (Å²) in [5.74, 6) is 4.20. The first-order chi connectivity index (χ1) is 8.74. The third kappa shape index (κ3) is 3.12. The van der Waals surface area contributed by atoms with Crippen LogP contribution in [0.5, 0.6) is 11.5 Å². The lowest BCUT2D eigenvalue weighted by molar-refractivity contribution is 0.382. The Morgan fingerprint density at radius 3 is 2.78 bits per heavy atom. The third-order valence-corrected chi connectivity index (χ3v) is 4.48. The van der Waals surface area contributed by atoms with Crippen molar-refractivity contribution in [1.29, 1.82) is 0 Å². The number of rotatable bonds is 5. The average Bonchev–Trinajstić information content (AvgIpc) is 2.90. The minimum atomic E-state index is 0.301. The number of hydrogen-bond donors (Lipinski definition) is 1. The first-order valence-electron chi connectivity index (χ1n) is 6.30. The van der Waals surface area contributed by atoms with Crippen molar-refractivity contribution in [2.75, 3.05) is 25.7 Å². The van der Waals surface area contributed by atoms with Gasteiger partial charge in [-0.25, -0.2) is 0 Å². The maximum atomic E-state index is 5.45. The number of thioether (sulfide) groups is 1. The molecule has 0 amide bonds. The van der Waals surface area contributed by atoms with Gasteiger partial charge in [0.2, 0.25) is 0 Å². The number of methoxy groups -OCH3 is 2. The van der Waals surface area contributed by atoms with E-state index in [1.165, 1.54) is 23.5 Å². The van der Waals surface area contributed by atoms with E-state index < -0.39 is 0 Å². The second-order valence-corrected chi connectivity index (χ2v) is 5.71. The van der Waals surface area contributed by atoms with Gasteiger partial charge in [0.25, 0.3) is 0 Å². The molecule has 1 aliphatic heterocycles. The summed E-state index contributed by atoms with van der Waals surface area (Å²) in [5.41, 5.74) is 1.19. The van der Waals surface area contributed by atoms with Gasteiger partial charge in [-0.1, -0.05) is 6.07 Å². The number of hydrogen-bond acceptors (Lipinski definition) is 4. The standard InChI is InChI=1S/C14H21NO2S/c1-10(15-11-6-7-18-9-11)13-5-4-12(16-2)8-14(13)17-3/h4-5,8,10-11,15H,6-7,9H2,1-3H3. The van der Waals surface area contributed by atoms with Gasteiger partial charge in [-0.15, -0.1) is 0 Å². The van der Waals surface area contributed by atoms with Crippen molar-refractivity contribution in [1.82, 2.24) is 5.32 Å². The summed E-state index contributed by atoms with van der Waals surface area (Å²) < 4.78 is 10.7. The summed E-state index contributed by atoms with van der Waals surface area (Å²) in [7, 11) is 3.38. The minimum Gasteiger partial charge on any atom is -0.497 e. The smallest absolute Gasteiger partial charge is 0.127 e. The predicted octanol–water partition coefficient (Wildman–Crippen LogP) is 2.86. The molecule has 1 aromatic rings. The zero-order valence-electron chi connectivity index (χ0n) is 11.2. The van der Waals surface area contributed by atoms with Gasteiger partial charge in [-0.3, -0.25) is 0 Å². The Kier molecular flexibility index (Phi) is 4.78. The van der Waals surface area contributed by atoms with Crippen LogP contribution in [0.4, 0.5) is 0 Å². The van der Waals surface area contributed by atoms with Crippen LogP contribution in [0.2, 0.25) is 0 Å². The Labute approximate surface area is 113 Å². The van der Waals surface area contributed by atoms with Gasteiger partial charge in [0.15, 0.2) is 0 Å². The van der Waals surface area contributed by atoms with Gasteiger partial charge in [0.05, 0.1) is 14.2 Å². The summed E-state index contributed by atoms with van der Waals surface area (Å²) in [4.78, 5) is 0. The first-order valence-corrected chi connectivity index (χ1v) is 7.45. The molecule has 1 aliphatic rings. The SMILES string of the molecule is COc1ccc(C(C)NC2CCSC2)c(OC)c1. The van der Waals surface area contributed by atoms with Gasteiger partial charge in [0, 0.05) is 29.5 Å². The van der Waals surface area contributed by atoms with Crippen molar-refractivity contribution < 1.29 is 9.47 Å². The minimum absolute atomic E-state index is 0.301. The Morgan fingerprint density at radius 1 is 1.33 bits per heavy atom. The lowest BCUT2D eigenvalue weighted by atomic mass is 10.1. The molecule has 1 N–H and O–H groups in total. The molecule has 1 aromatic carbocycles. The quantitative estimate of drug-likeness (QED) is 0.888. The van der Waals surface area contributed by atoms with Crippen LogP contribution < -0.4 is 14.8 Å². The topological polar surface area (TPSA) is 30.5 Å². The van der Waals surface area contributed by atoms with Crippen molar-refractivity contribution in [2.45, 2.75) is 25.4 Å². The molecule has 1 saturated heterocycles. The van der Waals surface area contributed by atoms with E-state index in [-0.39, 0.29) is 0 Å². The summed E-state index contributed by atoms with van der Waals surface area (Å²) in [6.07, 6.45) is 1.26. The molecule has 100 valence electrons.